The van der Waals surface area contributed by atoms with E-state index < -0.39 is 11.5 Å². The number of carbonyl (C=O) groups excluding carboxylic acids is 1. The van der Waals surface area contributed by atoms with Gasteiger partial charge < -0.3 is 0 Å². The smallest absolute Gasteiger partial charge is 0.277 e. The Morgan fingerprint density at radius 3 is 2.29 bits per heavy atom. The topological polar surface area (TPSA) is 101 Å². The van der Waals surface area contributed by atoms with Gasteiger partial charge in [0.2, 0.25) is 5.13 Å². The maximum absolute atomic E-state index is 13.2. The lowest BCUT2D eigenvalue weighted by atomic mass is 9.95. The number of aromatic nitrogens is 4. The Hall–Kier alpha value is -3.65. The third-order valence-electron chi connectivity index (χ3n) is 4.59. The van der Waals surface area contributed by atoms with Crippen LogP contribution in [0.1, 0.15) is 29.2 Å². The summed E-state index contributed by atoms with van der Waals surface area (Å²) in [4.78, 5) is 26.0. The SMILES string of the molecule is CC(C)Cc1nnc(NC(=O)c2c(-c3ccccc3)c(-c3ccccc3)n[nH]c2=O)s1. The van der Waals surface area contributed by atoms with E-state index >= 15 is 0 Å². The molecule has 4 rings (SSSR count). The molecule has 4 aromatic rings. The number of nitrogens with zero attached hydrogens (tertiary/aromatic N) is 3. The van der Waals surface area contributed by atoms with Crippen LogP contribution in [0.25, 0.3) is 22.4 Å². The molecule has 156 valence electrons. The highest BCUT2D eigenvalue weighted by Gasteiger charge is 2.24. The van der Waals surface area contributed by atoms with Crippen molar-refractivity contribution in [2.24, 2.45) is 5.92 Å². The predicted molar refractivity (Wildman–Crippen MR) is 122 cm³/mol. The predicted octanol–water partition coefficient (Wildman–Crippen LogP) is 4.41. The molecule has 2 aromatic carbocycles. The monoisotopic (exact) mass is 431 g/mol. The van der Waals surface area contributed by atoms with Gasteiger partial charge in [0.15, 0.2) is 0 Å². The van der Waals surface area contributed by atoms with Crippen molar-refractivity contribution in [3.8, 4) is 22.4 Å². The van der Waals surface area contributed by atoms with E-state index in [9.17, 15) is 9.59 Å². The summed E-state index contributed by atoms with van der Waals surface area (Å²) in [5.74, 6) is -0.121. The molecule has 2 N–H and O–H groups in total. The molecule has 0 aliphatic rings. The van der Waals surface area contributed by atoms with E-state index in [4.69, 9.17) is 0 Å². The highest BCUT2D eigenvalue weighted by molar-refractivity contribution is 7.15. The maximum atomic E-state index is 13.2. The van der Waals surface area contributed by atoms with E-state index in [1.54, 1.807) is 0 Å². The quantitative estimate of drug-likeness (QED) is 0.471. The standard InChI is InChI=1S/C23H21N5O2S/c1-14(2)13-17-25-28-23(31-17)24-21(29)19-18(15-9-5-3-6-10-15)20(26-27-22(19)30)16-11-7-4-8-12-16/h3-12,14H,13H2,1-2H3,(H,27,30)(H,24,28,29). The van der Waals surface area contributed by atoms with E-state index in [0.717, 1.165) is 22.6 Å². The number of amides is 1. The fraction of sp³-hybridized carbons (Fsp3) is 0.174. The zero-order valence-corrected chi connectivity index (χ0v) is 17.9. The molecule has 0 aliphatic carbocycles. The van der Waals surface area contributed by atoms with Crippen LogP contribution < -0.4 is 10.9 Å². The number of benzene rings is 2. The average Bonchev–Trinajstić information content (AvgIpc) is 3.20. The third-order valence-corrected chi connectivity index (χ3v) is 5.45. The average molecular weight is 432 g/mol. The summed E-state index contributed by atoms with van der Waals surface area (Å²) in [7, 11) is 0. The summed E-state index contributed by atoms with van der Waals surface area (Å²) >= 11 is 1.31. The molecule has 0 radical (unpaired) electrons. The van der Waals surface area contributed by atoms with Gasteiger partial charge in [-0.2, -0.15) is 5.10 Å². The van der Waals surface area contributed by atoms with Gasteiger partial charge in [-0.25, -0.2) is 5.10 Å². The van der Waals surface area contributed by atoms with E-state index in [-0.39, 0.29) is 5.56 Å². The second-order valence-corrected chi connectivity index (χ2v) is 8.50. The van der Waals surface area contributed by atoms with Gasteiger partial charge in [-0.3, -0.25) is 14.9 Å². The molecule has 0 unspecified atom stereocenters. The highest BCUT2D eigenvalue weighted by Crippen LogP contribution is 2.32. The van der Waals surface area contributed by atoms with Crippen LogP contribution in [0.2, 0.25) is 0 Å². The Morgan fingerprint density at radius 1 is 1.00 bits per heavy atom. The Balaban J connectivity index is 1.80. The Bertz CT molecular complexity index is 1250. The number of aromatic amines is 1. The summed E-state index contributed by atoms with van der Waals surface area (Å²) in [5.41, 5.74) is 1.93. The van der Waals surface area contributed by atoms with Crippen molar-refractivity contribution in [2.75, 3.05) is 5.32 Å². The lowest BCUT2D eigenvalue weighted by Gasteiger charge is -2.13. The highest BCUT2D eigenvalue weighted by atomic mass is 32.1. The zero-order valence-electron chi connectivity index (χ0n) is 17.1. The van der Waals surface area contributed by atoms with Gasteiger partial charge in [0.1, 0.15) is 10.6 Å². The molecule has 0 saturated heterocycles. The first-order valence-corrected chi connectivity index (χ1v) is 10.7. The number of anilines is 1. The Morgan fingerprint density at radius 2 is 1.65 bits per heavy atom. The van der Waals surface area contributed by atoms with Gasteiger partial charge >= 0.3 is 0 Å². The summed E-state index contributed by atoms with van der Waals surface area (Å²) in [6.45, 7) is 4.18. The van der Waals surface area contributed by atoms with E-state index in [2.05, 4.69) is 39.6 Å². The number of rotatable bonds is 6. The van der Waals surface area contributed by atoms with Gasteiger partial charge in [0.25, 0.3) is 11.5 Å². The van der Waals surface area contributed by atoms with Crippen LogP contribution in [-0.2, 0) is 6.42 Å². The number of hydrogen-bond donors (Lipinski definition) is 2. The molecule has 31 heavy (non-hydrogen) atoms. The van der Waals surface area contributed by atoms with E-state index in [0.29, 0.717) is 22.3 Å². The third kappa shape index (κ3) is 4.59. The summed E-state index contributed by atoms with van der Waals surface area (Å²) in [6, 6.07) is 18.7. The zero-order chi connectivity index (χ0) is 21.8. The first-order chi connectivity index (χ1) is 15.0. The van der Waals surface area contributed by atoms with Gasteiger partial charge in [0, 0.05) is 17.5 Å². The van der Waals surface area contributed by atoms with Gasteiger partial charge in [-0.05, 0) is 11.5 Å². The summed E-state index contributed by atoms with van der Waals surface area (Å²) in [5, 5.41) is 18.9. The lowest BCUT2D eigenvalue weighted by Crippen LogP contribution is -2.26. The van der Waals surface area contributed by atoms with Crippen LogP contribution in [0.5, 0.6) is 0 Å². The van der Waals surface area contributed by atoms with Crippen molar-refractivity contribution >= 4 is 22.4 Å². The number of H-pyrrole nitrogens is 1. The minimum absolute atomic E-state index is 0.0133. The van der Waals surface area contributed by atoms with Gasteiger partial charge in [-0.15, -0.1) is 10.2 Å². The van der Waals surface area contributed by atoms with E-state index in [1.807, 2.05) is 60.7 Å². The lowest BCUT2D eigenvalue weighted by molar-refractivity contribution is 0.102. The Labute approximate surface area is 183 Å². The molecule has 2 heterocycles. The van der Waals surface area contributed by atoms with Crippen LogP contribution in [0.15, 0.2) is 65.5 Å². The van der Waals surface area contributed by atoms with Crippen LogP contribution in [0, 0.1) is 5.92 Å². The largest absolute Gasteiger partial charge is 0.296 e. The van der Waals surface area contributed by atoms with Crippen molar-refractivity contribution in [3.63, 3.8) is 0 Å². The molecular weight excluding hydrogens is 410 g/mol. The normalized spacial score (nSPS) is 10.9. The Kier molecular flexibility index (Phi) is 5.99. The molecule has 8 heteroatoms. The summed E-state index contributed by atoms with van der Waals surface area (Å²) < 4.78 is 0. The summed E-state index contributed by atoms with van der Waals surface area (Å²) in [6.07, 6.45) is 0.775. The van der Waals surface area contributed by atoms with Crippen molar-refractivity contribution in [1.29, 1.82) is 0 Å². The minimum atomic E-state index is -0.567. The van der Waals surface area contributed by atoms with E-state index in [1.165, 1.54) is 11.3 Å². The molecule has 0 saturated carbocycles. The van der Waals surface area contributed by atoms with Crippen molar-refractivity contribution < 1.29 is 4.79 Å². The van der Waals surface area contributed by atoms with Crippen molar-refractivity contribution in [2.45, 2.75) is 20.3 Å². The first-order valence-electron chi connectivity index (χ1n) is 9.90. The van der Waals surface area contributed by atoms with Crippen molar-refractivity contribution in [3.05, 3.63) is 81.6 Å². The number of carbonyl (C=O) groups is 1. The van der Waals surface area contributed by atoms with Crippen molar-refractivity contribution in [1.82, 2.24) is 20.4 Å². The number of nitrogens with one attached hydrogen (secondary N) is 2. The second kappa shape index (κ2) is 9.01. The van der Waals surface area contributed by atoms with Gasteiger partial charge in [-0.1, -0.05) is 85.8 Å². The second-order valence-electron chi connectivity index (χ2n) is 7.44. The molecular formula is C23H21N5O2S. The van der Waals surface area contributed by atoms with Gasteiger partial charge in [0.05, 0.1) is 5.69 Å². The maximum Gasteiger partial charge on any atom is 0.277 e. The van der Waals surface area contributed by atoms with Crippen LogP contribution in [0.4, 0.5) is 5.13 Å². The van der Waals surface area contributed by atoms with Crippen LogP contribution in [0.3, 0.4) is 0 Å². The molecule has 1 amide bonds. The molecule has 2 aromatic heterocycles. The molecule has 0 fully saturated rings. The first kappa shape index (κ1) is 20.6. The molecule has 0 bridgehead atoms. The van der Waals surface area contributed by atoms with Crippen LogP contribution in [-0.4, -0.2) is 26.3 Å². The molecule has 0 spiro atoms. The fourth-order valence-corrected chi connectivity index (χ4v) is 4.20. The molecule has 7 nitrogen and oxygen atoms in total. The molecule has 0 atom stereocenters. The fourth-order valence-electron chi connectivity index (χ4n) is 3.25. The number of hydrogen-bond acceptors (Lipinski definition) is 6. The molecule has 0 aliphatic heterocycles. The minimum Gasteiger partial charge on any atom is -0.296 e. The van der Waals surface area contributed by atoms with Crippen LogP contribution >= 0.6 is 11.3 Å².